The SMILES string of the molecule is Cc1ccc(NC(=O)Cc2ccc(S)cc2)c(F)c1. The van der Waals surface area contributed by atoms with Gasteiger partial charge in [0.05, 0.1) is 12.1 Å². The lowest BCUT2D eigenvalue weighted by molar-refractivity contribution is -0.115. The Labute approximate surface area is 117 Å². The molecular formula is C15H14FNOS. The molecule has 0 bridgehead atoms. The first-order valence-electron chi connectivity index (χ1n) is 5.88. The maximum Gasteiger partial charge on any atom is 0.228 e. The molecule has 19 heavy (non-hydrogen) atoms. The van der Waals surface area contributed by atoms with Crippen LogP contribution in [0.15, 0.2) is 47.4 Å². The van der Waals surface area contributed by atoms with Crippen molar-refractivity contribution in [1.82, 2.24) is 0 Å². The fraction of sp³-hybridized carbons (Fsp3) is 0.133. The van der Waals surface area contributed by atoms with Gasteiger partial charge < -0.3 is 5.32 Å². The van der Waals surface area contributed by atoms with Crippen molar-refractivity contribution >= 4 is 24.2 Å². The predicted molar refractivity (Wildman–Crippen MR) is 77.2 cm³/mol. The van der Waals surface area contributed by atoms with E-state index in [0.717, 1.165) is 16.0 Å². The van der Waals surface area contributed by atoms with Gasteiger partial charge in [0.2, 0.25) is 5.91 Å². The van der Waals surface area contributed by atoms with Crippen LogP contribution in [0.3, 0.4) is 0 Å². The lowest BCUT2D eigenvalue weighted by Crippen LogP contribution is -2.15. The number of hydrogen-bond acceptors (Lipinski definition) is 2. The number of hydrogen-bond donors (Lipinski definition) is 2. The van der Waals surface area contributed by atoms with Crippen molar-refractivity contribution in [2.45, 2.75) is 18.2 Å². The maximum absolute atomic E-state index is 13.6. The van der Waals surface area contributed by atoms with Crippen LogP contribution in [0.2, 0.25) is 0 Å². The van der Waals surface area contributed by atoms with Gasteiger partial charge in [-0.05, 0) is 42.3 Å². The fourth-order valence-corrected chi connectivity index (χ4v) is 1.86. The molecule has 0 saturated heterocycles. The highest BCUT2D eigenvalue weighted by Crippen LogP contribution is 2.16. The van der Waals surface area contributed by atoms with Crippen LogP contribution >= 0.6 is 12.6 Å². The highest BCUT2D eigenvalue weighted by molar-refractivity contribution is 7.80. The molecular weight excluding hydrogens is 261 g/mol. The standard InChI is InChI=1S/C15H14FNOS/c1-10-2-7-14(13(16)8-10)17-15(18)9-11-3-5-12(19)6-4-11/h2-8,19H,9H2,1H3,(H,17,18). The first-order chi connectivity index (χ1) is 9.04. The van der Waals surface area contributed by atoms with E-state index >= 15 is 0 Å². The Morgan fingerprint density at radius 3 is 2.53 bits per heavy atom. The van der Waals surface area contributed by atoms with E-state index in [9.17, 15) is 9.18 Å². The number of amides is 1. The molecule has 0 aliphatic heterocycles. The summed E-state index contributed by atoms with van der Waals surface area (Å²) in [5.41, 5.74) is 1.89. The molecule has 1 N–H and O–H groups in total. The van der Waals surface area contributed by atoms with E-state index < -0.39 is 5.82 Å². The third-order valence-corrected chi connectivity index (χ3v) is 3.00. The number of carbonyl (C=O) groups is 1. The van der Waals surface area contributed by atoms with Crippen molar-refractivity contribution in [3.05, 3.63) is 59.4 Å². The molecule has 1 amide bonds. The second-order valence-corrected chi connectivity index (χ2v) is 4.89. The van der Waals surface area contributed by atoms with Crippen molar-refractivity contribution in [3.8, 4) is 0 Å². The molecule has 0 fully saturated rings. The zero-order chi connectivity index (χ0) is 13.8. The van der Waals surface area contributed by atoms with Crippen molar-refractivity contribution < 1.29 is 9.18 Å². The van der Waals surface area contributed by atoms with Gasteiger partial charge in [-0.25, -0.2) is 4.39 Å². The third kappa shape index (κ3) is 3.83. The molecule has 0 atom stereocenters. The average Bonchev–Trinajstić information content (AvgIpc) is 2.36. The first kappa shape index (κ1) is 13.6. The van der Waals surface area contributed by atoms with Crippen molar-refractivity contribution in [3.63, 3.8) is 0 Å². The number of anilines is 1. The van der Waals surface area contributed by atoms with Gasteiger partial charge in [0, 0.05) is 4.90 Å². The summed E-state index contributed by atoms with van der Waals surface area (Å²) in [5.74, 6) is -0.659. The van der Waals surface area contributed by atoms with Crippen LogP contribution in [0, 0.1) is 12.7 Å². The second kappa shape index (κ2) is 5.89. The number of nitrogens with one attached hydrogen (secondary N) is 1. The zero-order valence-corrected chi connectivity index (χ0v) is 11.4. The molecule has 2 rings (SSSR count). The Morgan fingerprint density at radius 1 is 1.21 bits per heavy atom. The van der Waals surface area contributed by atoms with Crippen molar-refractivity contribution in [2.75, 3.05) is 5.32 Å². The topological polar surface area (TPSA) is 29.1 Å². The largest absolute Gasteiger partial charge is 0.323 e. The summed E-state index contributed by atoms with van der Waals surface area (Å²) in [6, 6.07) is 12.0. The molecule has 98 valence electrons. The first-order valence-corrected chi connectivity index (χ1v) is 6.33. The number of rotatable bonds is 3. The summed E-state index contributed by atoms with van der Waals surface area (Å²) in [4.78, 5) is 12.6. The van der Waals surface area contributed by atoms with Crippen molar-refractivity contribution in [1.29, 1.82) is 0 Å². The lowest BCUT2D eigenvalue weighted by Gasteiger charge is -2.07. The van der Waals surface area contributed by atoms with Gasteiger partial charge in [0.25, 0.3) is 0 Å². The minimum atomic E-state index is -0.418. The van der Waals surface area contributed by atoms with E-state index in [0.29, 0.717) is 0 Å². The minimum Gasteiger partial charge on any atom is -0.323 e. The molecule has 2 nitrogen and oxygen atoms in total. The molecule has 0 aliphatic carbocycles. The second-order valence-electron chi connectivity index (χ2n) is 4.37. The molecule has 2 aromatic rings. The Kier molecular flexibility index (Phi) is 4.22. The zero-order valence-electron chi connectivity index (χ0n) is 10.5. The number of aryl methyl sites for hydroxylation is 1. The van der Waals surface area contributed by atoms with E-state index in [1.54, 1.807) is 19.1 Å². The number of halogens is 1. The predicted octanol–water partition coefficient (Wildman–Crippen LogP) is 3.60. The molecule has 0 radical (unpaired) electrons. The Balaban J connectivity index is 2.03. The molecule has 0 spiro atoms. The van der Waals surface area contributed by atoms with E-state index in [4.69, 9.17) is 0 Å². The highest BCUT2D eigenvalue weighted by Gasteiger charge is 2.07. The molecule has 0 unspecified atom stereocenters. The summed E-state index contributed by atoms with van der Waals surface area (Å²) in [6.45, 7) is 1.80. The smallest absolute Gasteiger partial charge is 0.228 e. The van der Waals surface area contributed by atoms with Gasteiger partial charge >= 0.3 is 0 Å². The van der Waals surface area contributed by atoms with Crippen LogP contribution in [-0.4, -0.2) is 5.91 Å². The van der Waals surface area contributed by atoms with Gasteiger partial charge in [-0.15, -0.1) is 12.6 Å². The molecule has 2 aromatic carbocycles. The Morgan fingerprint density at radius 2 is 1.89 bits per heavy atom. The molecule has 0 heterocycles. The number of benzene rings is 2. The van der Waals surface area contributed by atoms with Gasteiger partial charge in [-0.3, -0.25) is 4.79 Å². The number of thiol groups is 1. The monoisotopic (exact) mass is 275 g/mol. The van der Waals surface area contributed by atoms with E-state index in [2.05, 4.69) is 17.9 Å². The average molecular weight is 275 g/mol. The van der Waals surface area contributed by atoms with Crippen LogP contribution in [0.4, 0.5) is 10.1 Å². The van der Waals surface area contributed by atoms with E-state index in [1.807, 2.05) is 24.3 Å². The Bertz CT molecular complexity index is 596. The van der Waals surface area contributed by atoms with Crippen molar-refractivity contribution in [2.24, 2.45) is 0 Å². The maximum atomic E-state index is 13.6. The summed E-state index contributed by atoms with van der Waals surface area (Å²) < 4.78 is 13.6. The summed E-state index contributed by atoms with van der Waals surface area (Å²) >= 11 is 4.18. The highest BCUT2D eigenvalue weighted by atomic mass is 32.1. The minimum absolute atomic E-state index is 0.210. The number of carbonyl (C=O) groups excluding carboxylic acids is 1. The van der Waals surface area contributed by atoms with Crippen LogP contribution in [0.1, 0.15) is 11.1 Å². The Hall–Kier alpha value is -1.81. The lowest BCUT2D eigenvalue weighted by atomic mass is 10.1. The van der Waals surface area contributed by atoms with Gasteiger partial charge in [-0.2, -0.15) is 0 Å². The van der Waals surface area contributed by atoms with Crippen LogP contribution in [0.25, 0.3) is 0 Å². The third-order valence-electron chi connectivity index (χ3n) is 2.70. The summed E-state index contributed by atoms with van der Waals surface area (Å²) in [6.07, 6.45) is 0.210. The molecule has 4 heteroatoms. The molecule has 0 aromatic heterocycles. The molecule has 0 saturated carbocycles. The summed E-state index contributed by atoms with van der Waals surface area (Å²) in [5, 5.41) is 2.57. The fourth-order valence-electron chi connectivity index (χ4n) is 1.72. The van der Waals surface area contributed by atoms with Crippen LogP contribution < -0.4 is 5.32 Å². The van der Waals surface area contributed by atoms with Gasteiger partial charge in [0.1, 0.15) is 5.82 Å². The quantitative estimate of drug-likeness (QED) is 0.823. The van der Waals surface area contributed by atoms with Crippen LogP contribution in [0.5, 0.6) is 0 Å². The van der Waals surface area contributed by atoms with Gasteiger partial charge in [-0.1, -0.05) is 18.2 Å². The van der Waals surface area contributed by atoms with Gasteiger partial charge in [0.15, 0.2) is 0 Å². The van der Waals surface area contributed by atoms with E-state index in [1.165, 1.54) is 6.07 Å². The normalized spacial score (nSPS) is 10.3. The molecule has 0 aliphatic rings. The summed E-state index contributed by atoms with van der Waals surface area (Å²) in [7, 11) is 0. The van der Waals surface area contributed by atoms with Crippen LogP contribution in [-0.2, 0) is 11.2 Å². The van der Waals surface area contributed by atoms with E-state index in [-0.39, 0.29) is 18.0 Å².